The molecule has 0 bridgehead atoms. The Morgan fingerprint density at radius 1 is 1.15 bits per heavy atom. The second-order valence-electron chi connectivity index (χ2n) is 5.67. The maximum Gasteiger partial charge on any atom is 0.0496 e. The fraction of sp³-hybridized carbons (Fsp3) is 0.412. The van der Waals surface area contributed by atoms with Gasteiger partial charge in [-0.15, -0.1) is 11.3 Å². The first-order chi connectivity index (χ1) is 9.45. The van der Waals surface area contributed by atoms with Crippen LogP contribution in [0.15, 0.2) is 30.3 Å². The molecule has 108 valence electrons. The normalized spacial score (nSPS) is 12.7. The van der Waals surface area contributed by atoms with Crippen molar-refractivity contribution in [3.05, 3.63) is 51.2 Å². The summed E-state index contributed by atoms with van der Waals surface area (Å²) in [5, 5.41) is 3.59. The molecule has 0 fully saturated rings. The second kappa shape index (κ2) is 6.42. The number of hydrogen-bond donors (Lipinski definition) is 1. The average Bonchev–Trinajstić information content (AvgIpc) is 2.70. The lowest BCUT2D eigenvalue weighted by molar-refractivity contribution is 0.402. The SMILES string of the molecule is Cc1cc(C(C)Nc2ccc(CN(C)C)cc2)c(C)s1. The van der Waals surface area contributed by atoms with E-state index in [4.69, 9.17) is 0 Å². The predicted molar refractivity (Wildman–Crippen MR) is 89.7 cm³/mol. The molecule has 0 amide bonds. The van der Waals surface area contributed by atoms with Gasteiger partial charge in [-0.2, -0.15) is 0 Å². The molecular formula is C17H24N2S. The molecular weight excluding hydrogens is 264 g/mol. The van der Waals surface area contributed by atoms with Crippen molar-refractivity contribution >= 4 is 17.0 Å². The molecule has 0 aliphatic carbocycles. The van der Waals surface area contributed by atoms with E-state index >= 15 is 0 Å². The smallest absolute Gasteiger partial charge is 0.0496 e. The molecule has 1 aromatic heterocycles. The first-order valence-corrected chi connectivity index (χ1v) is 7.84. The second-order valence-corrected chi connectivity index (χ2v) is 7.13. The highest BCUT2D eigenvalue weighted by molar-refractivity contribution is 7.12. The summed E-state index contributed by atoms with van der Waals surface area (Å²) in [6.07, 6.45) is 0. The van der Waals surface area contributed by atoms with E-state index in [0.29, 0.717) is 6.04 Å². The van der Waals surface area contributed by atoms with Gasteiger partial charge in [0.05, 0.1) is 0 Å². The van der Waals surface area contributed by atoms with Crippen molar-refractivity contribution in [2.45, 2.75) is 33.4 Å². The zero-order valence-corrected chi connectivity index (χ0v) is 13.8. The van der Waals surface area contributed by atoms with Gasteiger partial charge in [0.15, 0.2) is 0 Å². The van der Waals surface area contributed by atoms with E-state index in [1.54, 1.807) is 0 Å². The Labute approximate surface area is 126 Å². The van der Waals surface area contributed by atoms with Crippen LogP contribution in [0, 0.1) is 13.8 Å². The molecule has 3 heteroatoms. The van der Waals surface area contributed by atoms with Gasteiger partial charge in [0.25, 0.3) is 0 Å². The Morgan fingerprint density at radius 3 is 2.30 bits per heavy atom. The van der Waals surface area contributed by atoms with Gasteiger partial charge in [0.1, 0.15) is 0 Å². The predicted octanol–water partition coefficient (Wildman–Crippen LogP) is 4.60. The summed E-state index contributed by atoms with van der Waals surface area (Å²) < 4.78 is 0. The van der Waals surface area contributed by atoms with Crippen molar-refractivity contribution in [2.75, 3.05) is 19.4 Å². The number of anilines is 1. The number of thiophene rings is 1. The lowest BCUT2D eigenvalue weighted by Crippen LogP contribution is -2.11. The average molecular weight is 288 g/mol. The third-order valence-electron chi connectivity index (χ3n) is 3.38. The molecule has 2 nitrogen and oxygen atoms in total. The largest absolute Gasteiger partial charge is 0.378 e. The van der Waals surface area contributed by atoms with E-state index in [9.17, 15) is 0 Å². The van der Waals surface area contributed by atoms with Gasteiger partial charge in [-0.05, 0) is 64.2 Å². The van der Waals surface area contributed by atoms with Crippen LogP contribution in [0.3, 0.4) is 0 Å². The minimum Gasteiger partial charge on any atom is -0.378 e. The summed E-state index contributed by atoms with van der Waals surface area (Å²) in [6.45, 7) is 7.58. The highest BCUT2D eigenvalue weighted by Gasteiger charge is 2.11. The highest BCUT2D eigenvalue weighted by Crippen LogP contribution is 2.28. The Morgan fingerprint density at radius 2 is 1.80 bits per heavy atom. The molecule has 1 heterocycles. The molecule has 0 aliphatic heterocycles. The summed E-state index contributed by atoms with van der Waals surface area (Å²) in [7, 11) is 4.19. The minimum absolute atomic E-state index is 0.347. The maximum absolute atomic E-state index is 3.59. The van der Waals surface area contributed by atoms with Crippen LogP contribution in [0.25, 0.3) is 0 Å². The summed E-state index contributed by atoms with van der Waals surface area (Å²) >= 11 is 1.87. The third kappa shape index (κ3) is 3.84. The molecule has 0 radical (unpaired) electrons. The van der Waals surface area contributed by atoms with Crippen molar-refractivity contribution in [2.24, 2.45) is 0 Å². The van der Waals surface area contributed by atoms with Crippen LogP contribution in [0.5, 0.6) is 0 Å². The van der Waals surface area contributed by atoms with Crippen molar-refractivity contribution in [1.82, 2.24) is 4.90 Å². The van der Waals surface area contributed by atoms with Gasteiger partial charge >= 0.3 is 0 Å². The van der Waals surface area contributed by atoms with Crippen molar-refractivity contribution in [3.63, 3.8) is 0 Å². The van der Waals surface area contributed by atoms with Gasteiger partial charge in [0, 0.05) is 28.0 Å². The minimum atomic E-state index is 0.347. The van der Waals surface area contributed by atoms with Crippen molar-refractivity contribution in [1.29, 1.82) is 0 Å². The molecule has 1 aromatic carbocycles. The van der Waals surface area contributed by atoms with Gasteiger partial charge in [-0.1, -0.05) is 12.1 Å². The van der Waals surface area contributed by atoms with E-state index in [0.717, 1.165) is 6.54 Å². The Balaban J connectivity index is 2.04. The van der Waals surface area contributed by atoms with Crippen LogP contribution in [0.2, 0.25) is 0 Å². The van der Waals surface area contributed by atoms with E-state index < -0.39 is 0 Å². The fourth-order valence-electron chi connectivity index (χ4n) is 2.48. The van der Waals surface area contributed by atoms with Gasteiger partial charge in [0.2, 0.25) is 0 Å². The number of benzene rings is 1. The van der Waals surface area contributed by atoms with E-state index in [1.165, 1.54) is 26.6 Å². The molecule has 0 saturated carbocycles. The van der Waals surface area contributed by atoms with Crippen LogP contribution in [-0.2, 0) is 6.54 Å². The Bertz CT molecular complexity index is 555. The molecule has 0 saturated heterocycles. The lowest BCUT2D eigenvalue weighted by atomic mass is 10.1. The van der Waals surface area contributed by atoms with Crippen molar-refractivity contribution in [3.8, 4) is 0 Å². The van der Waals surface area contributed by atoms with E-state index in [-0.39, 0.29) is 0 Å². The molecule has 0 spiro atoms. The maximum atomic E-state index is 3.59. The number of nitrogens with zero attached hydrogens (tertiary/aromatic N) is 1. The number of hydrogen-bond acceptors (Lipinski definition) is 3. The number of rotatable bonds is 5. The standard InChI is InChI=1S/C17H24N2S/c1-12-10-17(14(3)20-12)13(2)18-16-8-6-15(7-9-16)11-19(4)5/h6-10,13,18H,11H2,1-5H3. The van der Waals surface area contributed by atoms with Gasteiger partial charge in [-0.3, -0.25) is 0 Å². The first kappa shape index (κ1) is 15.1. The Hall–Kier alpha value is -1.32. The molecule has 1 N–H and O–H groups in total. The summed E-state index contributed by atoms with van der Waals surface area (Å²) in [6, 6.07) is 11.4. The molecule has 1 unspecified atom stereocenters. The van der Waals surface area contributed by atoms with Crippen LogP contribution >= 0.6 is 11.3 Å². The van der Waals surface area contributed by atoms with Crippen LogP contribution in [0.1, 0.15) is 33.8 Å². The number of aryl methyl sites for hydroxylation is 2. The monoisotopic (exact) mass is 288 g/mol. The van der Waals surface area contributed by atoms with Crippen LogP contribution in [0.4, 0.5) is 5.69 Å². The molecule has 0 aliphatic rings. The fourth-order valence-corrected chi connectivity index (χ4v) is 3.50. The zero-order chi connectivity index (χ0) is 14.7. The van der Waals surface area contributed by atoms with Crippen LogP contribution in [-0.4, -0.2) is 19.0 Å². The summed E-state index contributed by atoms with van der Waals surface area (Å²) in [5.41, 5.74) is 3.93. The number of nitrogens with one attached hydrogen (secondary N) is 1. The van der Waals surface area contributed by atoms with Gasteiger partial charge in [-0.25, -0.2) is 0 Å². The lowest BCUT2D eigenvalue weighted by Gasteiger charge is -2.16. The molecule has 2 aromatic rings. The first-order valence-electron chi connectivity index (χ1n) is 7.03. The molecule has 1 atom stereocenters. The summed E-state index contributed by atoms with van der Waals surface area (Å²) in [4.78, 5) is 4.97. The Kier molecular flexibility index (Phi) is 4.84. The van der Waals surface area contributed by atoms with Crippen molar-refractivity contribution < 1.29 is 0 Å². The topological polar surface area (TPSA) is 15.3 Å². The summed E-state index contributed by atoms with van der Waals surface area (Å²) in [5.74, 6) is 0. The molecule has 20 heavy (non-hydrogen) atoms. The third-order valence-corrected chi connectivity index (χ3v) is 4.36. The van der Waals surface area contributed by atoms with E-state index in [1.807, 2.05) is 11.3 Å². The highest BCUT2D eigenvalue weighted by atomic mass is 32.1. The zero-order valence-electron chi connectivity index (χ0n) is 13.0. The van der Waals surface area contributed by atoms with Crippen LogP contribution < -0.4 is 5.32 Å². The van der Waals surface area contributed by atoms with E-state index in [2.05, 4.69) is 75.4 Å². The van der Waals surface area contributed by atoms with Gasteiger partial charge < -0.3 is 10.2 Å². The quantitative estimate of drug-likeness (QED) is 0.865. The molecule has 2 rings (SSSR count).